The van der Waals surface area contributed by atoms with Crippen molar-refractivity contribution in [2.75, 3.05) is 24.2 Å². The van der Waals surface area contributed by atoms with E-state index in [0.717, 1.165) is 42.4 Å². The van der Waals surface area contributed by atoms with Gasteiger partial charge >= 0.3 is 0 Å². The van der Waals surface area contributed by atoms with Crippen LogP contribution in [0.1, 0.15) is 31.4 Å². The first-order valence-electron chi connectivity index (χ1n) is 9.75. The van der Waals surface area contributed by atoms with Crippen molar-refractivity contribution >= 4 is 21.6 Å². The van der Waals surface area contributed by atoms with E-state index in [0.29, 0.717) is 12.2 Å². The number of aryl methyl sites for hydroxylation is 2. The normalized spacial score (nSPS) is 12.3. The van der Waals surface area contributed by atoms with Crippen molar-refractivity contribution in [3.63, 3.8) is 0 Å². The Kier molecular flexibility index (Phi) is 8.08. The lowest BCUT2D eigenvalue weighted by atomic mass is 10.1. The van der Waals surface area contributed by atoms with Gasteiger partial charge in [0.05, 0.1) is 19.1 Å². The number of amides is 1. The Morgan fingerprint density at radius 1 is 1.14 bits per heavy atom. The van der Waals surface area contributed by atoms with Gasteiger partial charge in [-0.15, -0.1) is 0 Å². The number of benzene rings is 2. The van der Waals surface area contributed by atoms with Gasteiger partial charge in [-0.1, -0.05) is 37.3 Å². The van der Waals surface area contributed by atoms with Gasteiger partial charge in [-0.2, -0.15) is 0 Å². The molecule has 0 aliphatic carbocycles. The predicted octanol–water partition coefficient (Wildman–Crippen LogP) is 3.16. The number of para-hydroxylation sites is 1. The summed E-state index contributed by atoms with van der Waals surface area (Å²) < 4.78 is 31.2. The number of methoxy groups -OCH3 is 1. The zero-order valence-electron chi connectivity index (χ0n) is 17.5. The van der Waals surface area contributed by atoms with Crippen molar-refractivity contribution < 1.29 is 17.9 Å². The molecule has 6 nitrogen and oxygen atoms in total. The summed E-state index contributed by atoms with van der Waals surface area (Å²) in [6, 6.07) is 14.2. The number of ether oxygens (including phenoxy) is 1. The van der Waals surface area contributed by atoms with E-state index in [9.17, 15) is 13.2 Å². The molecule has 158 valence electrons. The molecular weight excluding hydrogens is 388 g/mol. The summed E-state index contributed by atoms with van der Waals surface area (Å²) in [6.07, 6.45) is 3.46. The molecule has 0 aliphatic rings. The highest BCUT2D eigenvalue weighted by Gasteiger charge is 2.28. The van der Waals surface area contributed by atoms with Crippen LogP contribution >= 0.6 is 0 Å². The molecule has 0 aromatic heterocycles. The van der Waals surface area contributed by atoms with Crippen LogP contribution in [-0.4, -0.2) is 40.3 Å². The zero-order valence-corrected chi connectivity index (χ0v) is 18.3. The third-order valence-electron chi connectivity index (χ3n) is 4.80. The molecule has 0 aliphatic heterocycles. The Labute approximate surface area is 173 Å². The first-order chi connectivity index (χ1) is 13.8. The fourth-order valence-electron chi connectivity index (χ4n) is 3.24. The lowest BCUT2D eigenvalue weighted by molar-refractivity contribution is -0.121. The average Bonchev–Trinajstić information content (AvgIpc) is 2.70. The van der Waals surface area contributed by atoms with Gasteiger partial charge in [0.2, 0.25) is 15.9 Å². The van der Waals surface area contributed by atoms with Crippen molar-refractivity contribution in [2.24, 2.45) is 0 Å². The molecule has 1 N–H and O–H groups in total. The smallest absolute Gasteiger partial charge is 0.243 e. The molecule has 2 rings (SSSR count). The first-order valence-corrected chi connectivity index (χ1v) is 11.6. The summed E-state index contributed by atoms with van der Waals surface area (Å²) in [7, 11) is -1.97. The van der Waals surface area contributed by atoms with E-state index >= 15 is 0 Å². The van der Waals surface area contributed by atoms with E-state index in [2.05, 4.69) is 5.32 Å². The van der Waals surface area contributed by atoms with Crippen LogP contribution < -0.4 is 14.4 Å². The topological polar surface area (TPSA) is 75.7 Å². The minimum absolute atomic E-state index is 0.324. The van der Waals surface area contributed by atoms with Gasteiger partial charge in [-0.3, -0.25) is 9.10 Å². The van der Waals surface area contributed by atoms with Crippen LogP contribution in [0.2, 0.25) is 0 Å². The fraction of sp³-hybridized carbons (Fsp3) is 0.409. The van der Waals surface area contributed by atoms with E-state index in [1.165, 1.54) is 4.31 Å². The molecule has 29 heavy (non-hydrogen) atoms. The highest BCUT2D eigenvalue weighted by Crippen LogP contribution is 2.22. The molecule has 2 aromatic carbocycles. The molecule has 0 radical (unpaired) electrons. The molecule has 1 amide bonds. The highest BCUT2D eigenvalue weighted by atomic mass is 32.2. The minimum atomic E-state index is -3.61. The number of sulfonamides is 1. The first kappa shape index (κ1) is 22.7. The third-order valence-corrected chi connectivity index (χ3v) is 6.04. The summed E-state index contributed by atoms with van der Waals surface area (Å²) in [5.41, 5.74) is 2.67. The van der Waals surface area contributed by atoms with E-state index in [1.807, 2.05) is 43.3 Å². The summed E-state index contributed by atoms with van der Waals surface area (Å²) in [5.74, 6) is 0.501. The van der Waals surface area contributed by atoms with Crippen LogP contribution in [0.5, 0.6) is 5.75 Å². The van der Waals surface area contributed by atoms with Crippen LogP contribution in [-0.2, 0) is 27.7 Å². The maximum Gasteiger partial charge on any atom is 0.243 e. The number of rotatable bonds is 10. The molecule has 0 bridgehead atoms. The molecule has 0 saturated heterocycles. The van der Waals surface area contributed by atoms with Gasteiger partial charge in [0.15, 0.2) is 0 Å². The van der Waals surface area contributed by atoms with Gasteiger partial charge in [-0.25, -0.2) is 8.42 Å². The minimum Gasteiger partial charge on any atom is -0.496 e. The Morgan fingerprint density at radius 2 is 1.79 bits per heavy atom. The second kappa shape index (κ2) is 10.3. The van der Waals surface area contributed by atoms with Gasteiger partial charge in [-0.05, 0) is 55.5 Å². The lowest BCUT2D eigenvalue weighted by Gasteiger charge is -2.28. The summed E-state index contributed by atoms with van der Waals surface area (Å²) >= 11 is 0. The van der Waals surface area contributed by atoms with Gasteiger partial charge in [0, 0.05) is 6.54 Å². The molecule has 2 aromatic rings. The lowest BCUT2D eigenvalue weighted by Crippen LogP contribution is -2.48. The van der Waals surface area contributed by atoms with Crippen molar-refractivity contribution in [1.29, 1.82) is 0 Å². The number of hydrogen-bond acceptors (Lipinski definition) is 4. The maximum absolute atomic E-state index is 12.6. The number of nitrogens with zero attached hydrogens (tertiary/aromatic N) is 1. The maximum atomic E-state index is 12.6. The monoisotopic (exact) mass is 418 g/mol. The average molecular weight is 419 g/mol. The Balaban J connectivity index is 1.99. The quantitative estimate of drug-likeness (QED) is 0.602. The zero-order chi connectivity index (χ0) is 21.4. The van der Waals surface area contributed by atoms with Crippen LogP contribution in [0, 0.1) is 0 Å². The van der Waals surface area contributed by atoms with Crippen LogP contribution in [0.4, 0.5) is 5.69 Å². The highest BCUT2D eigenvalue weighted by molar-refractivity contribution is 7.92. The molecule has 1 atom stereocenters. The number of hydrogen-bond donors (Lipinski definition) is 1. The predicted molar refractivity (Wildman–Crippen MR) is 117 cm³/mol. The molecule has 0 saturated carbocycles. The number of anilines is 1. The number of nitrogens with one attached hydrogen (secondary N) is 1. The van der Waals surface area contributed by atoms with Crippen molar-refractivity contribution in [1.82, 2.24) is 5.32 Å². The Bertz CT molecular complexity index is 911. The molecule has 1 unspecified atom stereocenters. The SMILES string of the molecule is CCc1ccc(N(C(C)C(=O)NCCCc2ccccc2OC)S(C)(=O)=O)cc1. The standard InChI is InChI=1S/C22H30N2O4S/c1-5-18-12-14-20(15-13-18)24(29(4,26)27)17(2)22(25)23-16-8-10-19-9-6-7-11-21(19)28-3/h6-7,9,11-15,17H,5,8,10,16H2,1-4H3,(H,23,25). The van der Waals surface area contributed by atoms with Crippen molar-refractivity contribution in [3.8, 4) is 5.75 Å². The third kappa shape index (κ3) is 6.22. The second-order valence-corrected chi connectivity index (χ2v) is 8.82. The van der Waals surface area contributed by atoms with Crippen molar-refractivity contribution in [2.45, 2.75) is 39.2 Å². The summed E-state index contributed by atoms with van der Waals surface area (Å²) in [6.45, 7) is 4.09. The van der Waals surface area contributed by atoms with Gasteiger partial charge < -0.3 is 10.1 Å². The molecule has 7 heteroatoms. The van der Waals surface area contributed by atoms with Crippen LogP contribution in [0.15, 0.2) is 48.5 Å². The Hall–Kier alpha value is -2.54. The van der Waals surface area contributed by atoms with Crippen LogP contribution in [0.25, 0.3) is 0 Å². The largest absolute Gasteiger partial charge is 0.496 e. The van der Waals surface area contributed by atoms with Crippen molar-refractivity contribution in [3.05, 3.63) is 59.7 Å². The molecule has 0 fully saturated rings. The van der Waals surface area contributed by atoms with E-state index in [1.54, 1.807) is 26.2 Å². The van der Waals surface area contributed by atoms with E-state index in [4.69, 9.17) is 4.74 Å². The number of carbonyl (C=O) groups excluding carboxylic acids is 1. The second-order valence-electron chi connectivity index (χ2n) is 6.96. The molecular formula is C22H30N2O4S. The fourth-order valence-corrected chi connectivity index (χ4v) is 4.41. The Morgan fingerprint density at radius 3 is 2.38 bits per heavy atom. The summed E-state index contributed by atoms with van der Waals surface area (Å²) in [5, 5.41) is 2.85. The summed E-state index contributed by atoms with van der Waals surface area (Å²) in [4.78, 5) is 12.6. The van der Waals surface area contributed by atoms with Crippen LogP contribution in [0.3, 0.4) is 0 Å². The van der Waals surface area contributed by atoms with E-state index in [-0.39, 0.29) is 5.91 Å². The molecule has 0 heterocycles. The molecule has 0 spiro atoms. The van der Waals surface area contributed by atoms with E-state index < -0.39 is 16.1 Å². The van der Waals surface area contributed by atoms with Gasteiger partial charge in [0.1, 0.15) is 11.8 Å². The number of carbonyl (C=O) groups is 1. The van der Waals surface area contributed by atoms with Gasteiger partial charge in [0.25, 0.3) is 0 Å².